The third-order valence-corrected chi connectivity index (χ3v) is 3.50. The molecule has 0 aliphatic rings. The van der Waals surface area contributed by atoms with E-state index in [0.717, 1.165) is 19.3 Å². The van der Waals surface area contributed by atoms with E-state index in [1.807, 2.05) is 0 Å². The number of carboxylic acids is 1. The quantitative estimate of drug-likeness (QED) is 0.294. The number of ether oxygens (including phenoxy) is 2. The van der Waals surface area contributed by atoms with Gasteiger partial charge in [0.2, 0.25) is 0 Å². The molecular weight excluding hydrogens is 332 g/mol. The van der Waals surface area contributed by atoms with Gasteiger partial charge in [0.05, 0.1) is 6.42 Å². The van der Waals surface area contributed by atoms with Gasteiger partial charge >= 0.3 is 17.9 Å². The molecule has 146 valence electrons. The van der Waals surface area contributed by atoms with Gasteiger partial charge in [-0.3, -0.25) is 9.59 Å². The van der Waals surface area contributed by atoms with E-state index in [0.29, 0.717) is 0 Å². The Hall–Kier alpha value is -1.67. The molecule has 2 unspecified atom stereocenters. The summed E-state index contributed by atoms with van der Waals surface area (Å²) in [6, 6.07) is 0. The fraction of sp³-hybridized carbons (Fsp3) is 0.824. The summed E-state index contributed by atoms with van der Waals surface area (Å²) in [5.41, 5.74) is 0. The molecule has 0 aliphatic heterocycles. The van der Waals surface area contributed by atoms with E-state index < -0.39 is 43.1 Å². The lowest BCUT2D eigenvalue weighted by Crippen LogP contribution is -2.28. The summed E-state index contributed by atoms with van der Waals surface area (Å²) in [4.78, 5) is 33.1. The second-order valence-electron chi connectivity index (χ2n) is 5.95. The van der Waals surface area contributed by atoms with Crippen molar-refractivity contribution in [3.05, 3.63) is 0 Å². The van der Waals surface area contributed by atoms with Crippen LogP contribution in [0.15, 0.2) is 0 Å². The summed E-state index contributed by atoms with van der Waals surface area (Å²) in [5, 5.41) is 26.9. The zero-order chi connectivity index (χ0) is 19.1. The predicted molar refractivity (Wildman–Crippen MR) is 88.8 cm³/mol. The first-order valence-corrected chi connectivity index (χ1v) is 8.77. The molecule has 0 saturated heterocycles. The van der Waals surface area contributed by atoms with E-state index in [1.165, 1.54) is 25.7 Å². The number of hydrogen-bond acceptors (Lipinski definition) is 7. The Labute approximate surface area is 148 Å². The predicted octanol–water partition coefficient (Wildman–Crippen LogP) is 1.41. The van der Waals surface area contributed by atoms with E-state index in [-0.39, 0.29) is 13.0 Å². The van der Waals surface area contributed by atoms with Crippen molar-refractivity contribution in [2.75, 3.05) is 13.2 Å². The molecule has 0 radical (unpaired) electrons. The van der Waals surface area contributed by atoms with E-state index in [4.69, 9.17) is 14.9 Å². The zero-order valence-electron chi connectivity index (χ0n) is 14.8. The molecule has 8 heteroatoms. The number of carbonyl (C=O) groups is 3. The molecule has 25 heavy (non-hydrogen) atoms. The number of carboxylic acid groups (broad SMARTS) is 1. The molecule has 0 aromatic heterocycles. The summed E-state index contributed by atoms with van der Waals surface area (Å²) < 4.78 is 9.48. The summed E-state index contributed by atoms with van der Waals surface area (Å²) in [6.07, 6.45) is 4.16. The molecule has 0 amide bonds. The van der Waals surface area contributed by atoms with E-state index in [1.54, 1.807) is 0 Å². The van der Waals surface area contributed by atoms with Crippen molar-refractivity contribution in [3.63, 3.8) is 0 Å². The Kier molecular flexibility index (Phi) is 13.7. The minimum Gasteiger partial charge on any atom is -0.479 e. The van der Waals surface area contributed by atoms with Gasteiger partial charge < -0.3 is 24.8 Å². The second-order valence-corrected chi connectivity index (χ2v) is 5.95. The smallest absolute Gasteiger partial charge is 0.333 e. The molecular formula is C17H30O8. The number of hydrogen-bond donors (Lipinski definition) is 3. The number of carbonyl (C=O) groups excluding carboxylic acids is 2. The van der Waals surface area contributed by atoms with Crippen LogP contribution >= 0.6 is 0 Å². The van der Waals surface area contributed by atoms with Crippen LogP contribution in [0, 0.1) is 0 Å². The largest absolute Gasteiger partial charge is 0.479 e. The van der Waals surface area contributed by atoms with Crippen LogP contribution in [-0.4, -0.2) is 58.6 Å². The van der Waals surface area contributed by atoms with E-state index >= 15 is 0 Å². The molecule has 2 atom stereocenters. The fourth-order valence-electron chi connectivity index (χ4n) is 2.03. The van der Waals surface area contributed by atoms with Crippen LogP contribution < -0.4 is 0 Å². The maximum atomic E-state index is 11.5. The number of aliphatic hydroxyl groups is 2. The Morgan fingerprint density at radius 3 is 1.92 bits per heavy atom. The maximum absolute atomic E-state index is 11.5. The van der Waals surface area contributed by atoms with Crippen LogP contribution in [0.5, 0.6) is 0 Å². The summed E-state index contributed by atoms with van der Waals surface area (Å²) in [6.45, 7) is 1.42. The molecule has 0 rings (SSSR count). The van der Waals surface area contributed by atoms with Crippen molar-refractivity contribution < 1.29 is 39.2 Å². The normalized spacial score (nSPS) is 13.1. The highest BCUT2D eigenvalue weighted by Gasteiger charge is 2.19. The number of aliphatic hydroxyl groups excluding tert-OH is 2. The van der Waals surface area contributed by atoms with Gasteiger partial charge in [0.1, 0.15) is 19.3 Å². The van der Waals surface area contributed by atoms with Crippen molar-refractivity contribution in [1.29, 1.82) is 0 Å². The minimum atomic E-state index is -1.84. The van der Waals surface area contributed by atoms with Crippen molar-refractivity contribution in [3.8, 4) is 0 Å². The highest BCUT2D eigenvalue weighted by atomic mass is 16.6. The van der Waals surface area contributed by atoms with Gasteiger partial charge in [-0.15, -0.1) is 0 Å². The topological polar surface area (TPSA) is 130 Å². The molecule has 8 nitrogen and oxygen atoms in total. The van der Waals surface area contributed by atoms with Crippen LogP contribution in [0.1, 0.15) is 64.7 Å². The van der Waals surface area contributed by atoms with Gasteiger partial charge in [-0.2, -0.15) is 0 Å². The van der Waals surface area contributed by atoms with Crippen LogP contribution in [0.3, 0.4) is 0 Å². The number of esters is 2. The first-order chi connectivity index (χ1) is 11.9. The van der Waals surface area contributed by atoms with Crippen molar-refractivity contribution in [2.24, 2.45) is 0 Å². The van der Waals surface area contributed by atoms with Gasteiger partial charge in [-0.25, -0.2) is 4.79 Å². The van der Waals surface area contributed by atoms with Crippen molar-refractivity contribution in [2.45, 2.75) is 76.9 Å². The summed E-state index contributed by atoms with van der Waals surface area (Å²) in [7, 11) is 0. The Balaban J connectivity index is 3.63. The zero-order valence-corrected chi connectivity index (χ0v) is 14.8. The van der Waals surface area contributed by atoms with Crippen LogP contribution in [0.4, 0.5) is 0 Å². The average Bonchev–Trinajstić information content (AvgIpc) is 2.57. The third kappa shape index (κ3) is 14.4. The molecule has 0 aliphatic carbocycles. The molecule has 0 fully saturated rings. The highest BCUT2D eigenvalue weighted by molar-refractivity contribution is 5.80. The SMILES string of the molecule is CCCCCCCCCC(=O)OCC(O)COC(=O)CC(O)C(=O)O. The summed E-state index contributed by atoms with van der Waals surface area (Å²) >= 11 is 0. The lowest BCUT2D eigenvalue weighted by atomic mass is 10.1. The third-order valence-electron chi connectivity index (χ3n) is 3.50. The maximum Gasteiger partial charge on any atom is 0.333 e. The number of rotatable bonds is 15. The minimum absolute atomic E-state index is 0.283. The molecule has 0 spiro atoms. The van der Waals surface area contributed by atoms with Crippen molar-refractivity contribution in [1.82, 2.24) is 0 Å². The van der Waals surface area contributed by atoms with Gasteiger partial charge in [0.25, 0.3) is 0 Å². The molecule has 3 N–H and O–H groups in total. The molecule has 0 bridgehead atoms. The van der Waals surface area contributed by atoms with Crippen LogP contribution in [0.2, 0.25) is 0 Å². The molecule has 0 heterocycles. The Bertz CT molecular complexity index is 396. The average molecular weight is 362 g/mol. The molecule has 0 saturated carbocycles. The first-order valence-electron chi connectivity index (χ1n) is 8.77. The van der Waals surface area contributed by atoms with Crippen molar-refractivity contribution >= 4 is 17.9 Å². The van der Waals surface area contributed by atoms with Crippen LogP contribution in [0.25, 0.3) is 0 Å². The second kappa shape index (κ2) is 14.7. The van der Waals surface area contributed by atoms with E-state index in [2.05, 4.69) is 11.7 Å². The lowest BCUT2D eigenvalue weighted by Gasteiger charge is -2.12. The van der Waals surface area contributed by atoms with Gasteiger partial charge in [0, 0.05) is 6.42 Å². The molecule has 0 aromatic rings. The standard InChI is InChI=1S/C17H30O8/c1-2-3-4-5-6-7-8-9-15(20)24-11-13(18)12-25-16(21)10-14(19)17(22)23/h13-14,18-19H,2-12H2,1H3,(H,22,23). The van der Waals surface area contributed by atoms with Gasteiger partial charge in [-0.1, -0.05) is 45.4 Å². The van der Waals surface area contributed by atoms with Gasteiger partial charge in [-0.05, 0) is 6.42 Å². The molecule has 0 aromatic carbocycles. The van der Waals surface area contributed by atoms with Crippen LogP contribution in [-0.2, 0) is 23.9 Å². The first kappa shape index (κ1) is 23.3. The fourth-order valence-corrected chi connectivity index (χ4v) is 2.03. The summed E-state index contributed by atoms with van der Waals surface area (Å²) in [5.74, 6) is -2.90. The van der Waals surface area contributed by atoms with E-state index in [9.17, 15) is 19.5 Å². The Morgan fingerprint density at radius 2 is 1.36 bits per heavy atom. The lowest BCUT2D eigenvalue weighted by molar-refractivity contribution is -0.159. The van der Waals surface area contributed by atoms with Gasteiger partial charge in [0.15, 0.2) is 6.10 Å². The number of aliphatic carboxylic acids is 1. The Morgan fingerprint density at radius 1 is 0.840 bits per heavy atom. The highest BCUT2D eigenvalue weighted by Crippen LogP contribution is 2.09. The monoisotopic (exact) mass is 362 g/mol. The number of unbranched alkanes of at least 4 members (excludes halogenated alkanes) is 6.